The fraction of sp³-hybridized carbons (Fsp3) is 0.417. The summed E-state index contributed by atoms with van der Waals surface area (Å²) in [4.78, 5) is 10.8. The average molecular weight is 259 g/mol. The van der Waals surface area contributed by atoms with E-state index in [1.807, 2.05) is 13.8 Å². The first-order chi connectivity index (χ1) is 8.00. The van der Waals surface area contributed by atoms with Crippen LogP contribution in [0.25, 0.3) is 0 Å². The number of ether oxygens (including phenoxy) is 2. The summed E-state index contributed by atoms with van der Waals surface area (Å²) in [6.07, 6.45) is 0.151. The molecule has 0 spiro atoms. The second-order valence-corrected chi connectivity index (χ2v) is 4.12. The SMILES string of the molecule is CC(C)OCCOc1ccc(Cl)c(C(=O)O)c1. The molecule has 0 aliphatic carbocycles. The van der Waals surface area contributed by atoms with Gasteiger partial charge in [0.15, 0.2) is 0 Å². The molecule has 0 saturated carbocycles. The molecular weight excluding hydrogens is 244 g/mol. The van der Waals surface area contributed by atoms with Crippen LogP contribution in [0.1, 0.15) is 24.2 Å². The molecule has 1 rings (SSSR count). The van der Waals surface area contributed by atoms with Gasteiger partial charge in [0.1, 0.15) is 12.4 Å². The summed E-state index contributed by atoms with van der Waals surface area (Å²) in [5.74, 6) is -0.599. The van der Waals surface area contributed by atoms with Crippen molar-refractivity contribution in [3.63, 3.8) is 0 Å². The Hall–Kier alpha value is -1.26. The first kappa shape index (κ1) is 13.8. The largest absolute Gasteiger partial charge is 0.491 e. The third-order valence-corrected chi connectivity index (χ3v) is 2.30. The Balaban J connectivity index is 2.54. The maximum absolute atomic E-state index is 10.8. The lowest BCUT2D eigenvalue weighted by Gasteiger charge is -2.10. The number of carbonyl (C=O) groups is 1. The van der Waals surface area contributed by atoms with Gasteiger partial charge in [-0.1, -0.05) is 11.6 Å². The van der Waals surface area contributed by atoms with Gasteiger partial charge < -0.3 is 14.6 Å². The van der Waals surface area contributed by atoms with Crippen molar-refractivity contribution < 1.29 is 19.4 Å². The van der Waals surface area contributed by atoms with Crippen LogP contribution in [0, 0.1) is 0 Å². The summed E-state index contributed by atoms with van der Waals surface area (Å²) >= 11 is 5.73. The van der Waals surface area contributed by atoms with E-state index in [9.17, 15) is 4.79 Å². The number of carboxylic acid groups (broad SMARTS) is 1. The molecule has 1 N–H and O–H groups in total. The third-order valence-electron chi connectivity index (χ3n) is 1.97. The summed E-state index contributed by atoms with van der Waals surface area (Å²) in [6.45, 7) is 4.71. The molecular formula is C12H15ClO4. The van der Waals surface area contributed by atoms with Gasteiger partial charge in [-0.3, -0.25) is 0 Å². The lowest BCUT2D eigenvalue weighted by atomic mass is 10.2. The average Bonchev–Trinajstić information content (AvgIpc) is 2.25. The van der Waals surface area contributed by atoms with Crippen LogP contribution < -0.4 is 4.74 Å². The molecule has 0 aliphatic heterocycles. The smallest absolute Gasteiger partial charge is 0.337 e. The van der Waals surface area contributed by atoms with Gasteiger partial charge >= 0.3 is 5.97 Å². The highest BCUT2D eigenvalue weighted by Gasteiger charge is 2.09. The minimum atomic E-state index is -1.07. The standard InChI is InChI=1S/C12H15ClO4/c1-8(2)16-5-6-17-9-3-4-11(13)10(7-9)12(14)15/h3-4,7-8H,5-6H2,1-2H3,(H,14,15). The lowest BCUT2D eigenvalue weighted by Crippen LogP contribution is -2.11. The molecule has 0 aliphatic rings. The van der Waals surface area contributed by atoms with E-state index in [2.05, 4.69) is 0 Å². The summed E-state index contributed by atoms with van der Waals surface area (Å²) < 4.78 is 10.7. The molecule has 0 saturated heterocycles. The zero-order valence-corrected chi connectivity index (χ0v) is 10.5. The molecule has 0 heterocycles. The Morgan fingerprint density at radius 3 is 2.71 bits per heavy atom. The summed E-state index contributed by atoms with van der Waals surface area (Å²) in [5, 5.41) is 9.07. The molecule has 0 aromatic heterocycles. The van der Waals surface area contributed by atoms with Crippen molar-refractivity contribution in [2.24, 2.45) is 0 Å². The summed E-state index contributed by atoms with van der Waals surface area (Å²) in [7, 11) is 0. The Morgan fingerprint density at radius 1 is 1.41 bits per heavy atom. The van der Waals surface area contributed by atoms with Crippen molar-refractivity contribution in [3.8, 4) is 5.75 Å². The Bertz CT molecular complexity index is 390. The van der Waals surface area contributed by atoms with Crippen molar-refractivity contribution in [1.82, 2.24) is 0 Å². The molecule has 5 heteroatoms. The molecule has 0 amide bonds. The second kappa shape index (κ2) is 6.47. The van der Waals surface area contributed by atoms with Crippen LogP contribution >= 0.6 is 11.6 Å². The molecule has 0 bridgehead atoms. The van der Waals surface area contributed by atoms with Crippen molar-refractivity contribution in [3.05, 3.63) is 28.8 Å². The van der Waals surface area contributed by atoms with Crippen molar-refractivity contribution in [2.45, 2.75) is 20.0 Å². The maximum Gasteiger partial charge on any atom is 0.337 e. The van der Waals surface area contributed by atoms with Crippen molar-refractivity contribution in [2.75, 3.05) is 13.2 Å². The molecule has 1 aromatic rings. The molecule has 4 nitrogen and oxygen atoms in total. The topological polar surface area (TPSA) is 55.8 Å². The Kier molecular flexibility index (Phi) is 5.25. The van der Waals surface area contributed by atoms with E-state index in [0.29, 0.717) is 19.0 Å². The highest BCUT2D eigenvalue weighted by atomic mass is 35.5. The normalized spacial score (nSPS) is 10.6. The van der Waals surface area contributed by atoms with Gasteiger partial charge in [-0.15, -0.1) is 0 Å². The van der Waals surface area contributed by atoms with Gasteiger partial charge in [-0.2, -0.15) is 0 Å². The number of hydrogen-bond donors (Lipinski definition) is 1. The molecule has 0 radical (unpaired) electrons. The lowest BCUT2D eigenvalue weighted by molar-refractivity contribution is 0.0552. The van der Waals surface area contributed by atoms with Crippen LogP contribution in [0.3, 0.4) is 0 Å². The van der Waals surface area contributed by atoms with Gasteiger partial charge in [0.2, 0.25) is 0 Å². The minimum absolute atomic E-state index is 0.0361. The van der Waals surface area contributed by atoms with E-state index in [-0.39, 0.29) is 16.7 Å². The predicted octanol–water partition coefficient (Wildman–Crippen LogP) is 2.84. The molecule has 94 valence electrons. The van der Waals surface area contributed by atoms with Crippen LogP contribution in [-0.4, -0.2) is 30.4 Å². The zero-order valence-electron chi connectivity index (χ0n) is 9.77. The van der Waals surface area contributed by atoms with Gasteiger partial charge in [-0.05, 0) is 32.0 Å². The van der Waals surface area contributed by atoms with Crippen molar-refractivity contribution >= 4 is 17.6 Å². The van der Waals surface area contributed by atoms with Crippen LogP contribution in [0.4, 0.5) is 0 Å². The van der Waals surface area contributed by atoms with E-state index < -0.39 is 5.97 Å². The fourth-order valence-corrected chi connectivity index (χ4v) is 1.40. The van der Waals surface area contributed by atoms with E-state index in [4.69, 9.17) is 26.2 Å². The third kappa shape index (κ3) is 4.63. The minimum Gasteiger partial charge on any atom is -0.491 e. The van der Waals surface area contributed by atoms with Crippen LogP contribution in [-0.2, 0) is 4.74 Å². The number of rotatable bonds is 6. The zero-order chi connectivity index (χ0) is 12.8. The molecule has 17 heavy (non-hydrogen) atoms. The van der Waals surface area contributed by atoms with E-state index in [1.54, 1.807) is 6.07 Å². The number of aromatic carboxylic acids is 1. The highest BCUT2D eigenvalue weighted by molar-refractivity contribution is 6.33. The van der Waals surface area contributed by atoms with Gasteiger partial charge in [-0.25, -0.2) is 4.79 Å². The van der Waals surface area contributed by atoms with Gasteiger partial charge in [0, 0.05) is 0 Å². The first-order valence-corrected chi connectivity index (χ1v) is 5.65. The number of benzene rings is 1. The molecule has 0 unspecified atom stereocenters. The number of hydrogen-bond acceptors (Lipinski definition) is 3. The number of carboxylic acids is 1. The van der Waals surface area contributed by atoms with Crippen LogP contribution in [0.5, 0.6) is 5.75 Å². The fourth-order valence-electron chi connectivity index (χ4n) is 1.20. The Morgan fingerprint density at radius 2 is 2.12 bits per heavy atom. The summed E-state index contributed by atoms with van der Waals surface area (Å²) in [5.41, 5.74) is 0.0361. The van der Waals surface area contributed by atoms with Gasteiger partial charge in [0.25, 0.3) is 0 Å². The van der Waals surface area contributed by atoms with Crippen LogP contribution in [0.2, 0.25) is 5.02 Å². The molecule has 0 atom stereocenters. The van der Waals surface area contributed by atoms with E-state index in [0.717, 1.165) is 0 Å². The number of halogens is 1. The molecule has 0 fully saturated rings. The highest BCUT2D eigenvalue weighted by Crippen LogP contribution is 2.22. The molecule has 1 aromatic carbocycles. The predicted molar refractivity (Wildman–Crippen MR) is 65.0 cm³/mol. The van der Waals surface area contributed by atoms with E-state index >= 15 is 0 Å². The second-order valence-electron chi connectivity index (χ2n) is 3.71. The quantitative estimate of drug-likeness (QED) is 0.797. The Labute approximate surface area is 105 Å². The first-order valence-electron chi connectivity index (χ1n) is 5.28. The van der Waals surface area contributed by atoms with Crippen molar-refractivity contribution in [1.29, 1.82) is 0 Å². The summed E-state index contributed by atoms with van der Waals surface area (Å²) in [6, 6.07) is 4.54. The van der Waals surface area contributed by atoms with Crippen LogP contribution in [0.15, 0.2) is 18.2 Å². The van der Waals surface area contributed by atoms with Gasteiger partial charge in [0.05, 0.1) is 23.3 Å². The van der Waals surface area contributed by atoms with E-state index in [1.165, 1.54) is 12.1 Å². The monoisotopic (exact) mass is 258 g/mol. The maximum atomic E-state index is 10.8.